The van der Waals surface area contributed by atoms with Crippen LogP contribution in [0, 0.1) is 6.92 Å². The first-order valence-corrected chi connectivity index (χ1v) is 10.6. The van der Waals surface area contributed by atoms with Crippen LogP contribution in [0.25, 0.3) is 0 Å². The summed E-state index contributed by atoms with van der Waals surface area (Å²) in [5, 5.41) is 3.08. The van der Waals surface area contributed by atoms with Gasteiger partial charge in [-0.05, 0) is 25.1 Å². The minimum atomic E-state index is 0.0858. The fourth-order valence-electron chi connectivity index (χ4n) is 4.53. The summed E-state index contributed by atoms with van der Waals surface area (Å²) in [5.41, 5.74) is 2.79. The lowest BCUT2D eigenvalue weighted by atomic mass is 10.1. The number of likely N-dealkylation sites (tertiary alicyclic amines) is 1. The van der Waals surface area contributed by atoms with Crippen LogP contribution in [0.2, 0.25) is 0 Å². The Morgan fingerprint density at radius 3 is 2.86 bits per heavy atom. The van der Waals surface area contributed by atoms with Gasteiger partial charge >= 0.3 is 0 Å². The zero-order valence-corrected chi connectivity index (χ0v) is 17.3. The maximum absolute atomic E-state index is 13.2. The topological polar surface area (TPSA) is 63.5 Å². The largest absolute Gasteiger partial charge is 0.481 e. The lowest BCUT2D eigenvalue weighted by molar-refractivity contribution is 0.0553. The maximum atomic E-state index is 13.2. The van der Waals surface area contributed by atoms with Gasteiger partial charge in [0, 0.05) is 43.0 Å². The first-order chi connectivity index (χ1) is 14.1. The molecule has 5 heterocycles. The number of carbonyl (C=O) groups excluding carboxylic acids is 1. The van der Waals surface area contributed by atoms with E-state index in [-0.39, 0.29) is 18.0 Å². The van der Waals surface area contributed by atoms with Crippen LogP contribution in [0.3, 0.4) is 0 Å². The summed E-state index contributed by atoms with van der Waals surface area (Å²) in [6.07, 6.45) is 3.78. The quantitative estimate of drug-likeness (QED) is 0.648. The molecule has 0 unspecified atom stereocenters. The Morgan fingerprint density at radius 1 is 1.21 bits per heavy atom. The van der Waals surface area contributed by atoms with Crippen molar-refractivity contribution in [3.8, 4) is 5.88 Å². The molecule has 5 rings (SSSR count). The zero-order chi connectivity index (χ0) is 20.0. The van der Waals surface area contributed by atoms with E-state index in [1.54, 1.807) is 24.6 Å². The van der Waals surface area contributed by atoms with Gasteiger partial charge in [0.25, 0.3) is 5.91 Å². The molecular weight excluding hydrogens is 386 g/mol. The third kappa shape index (κ3) is 3.22. The predicted molar refractivity (Wildman–Crippen MR) is 110 cm³/mol. The van der Waals surface area contributed by atoms with Crippen LogP contribution < -0.4 is 4.74 Å². The molecule has 0 aliphatic carbocycles. The minimum absolute atomic E-state index is 0.0858. The number of amides is 1. The van der Waals surface area contributed by atoms with Crippen molar-refractivity contribution in [2.75, 3.05) is 20.2 Å². The number of ether oxygens (including phenoxy) is 1. The molecule has 0 spiro atoms. The summed E-state index contributed by atoms with van der Waals surface area (Å²) in [6.45, 7) is 5.00. The molecule has 0 aromatic carbocycles. The Kier molecular flexibility index (Phi) is 4.60. The highest BCUT2D eigenvalue weighted by Gasteiger charge is 2.45. The Hall–Kier alpha value is -2.71. The Labute approximate surface area is 173 Å². The number of fused-ring (bicyclic) bond motifs is 3. The summed E-state index contributed by atoms with van der Waals surface area (Å²) in [6, 6.07) is 8.23. The van der Waals surface area contributed by atoms with Gasteiger partial charge in [-0.2, -0.15) is 0 Å². The van der Waals surface area contributed by atoms with E-state index in [4.69, 9.17) is 4.74 Å². The minimum Gasteiger partial charge on any atom is -0.481 e. The van der Waals surface area contributed by atoms with Gasteiger partial charge in [0.05, 0.1) is 36.4 Å². The van der Waals surface area contributed by atoms with Gasteiger partial charge in [-0.3, -0.25) is 9.69 Å². The molecule has 8 heteroatoms. The van der Waals surface area contributed by atoms with Crippen LogP contribution in [0.1, 0.15) is 32.8 Å². The van der Waals surface area contributed by atoms with Crippen LogP contribution in [-0.4, -0.2) is 56.5 Å². The molecule has 1 amide bonds. The van der Waals surface area contributed by atoms with Crippen LogP contribution in [-0.2, 0) is 13.1 Å². The number of aromatic nitrogens is 3. The van der Waals surface area contributed by atoms with Gasteiger partial charge in [0.1, 0.15) is 5.69 Å². The van der Waals surface area contributed by atoms with E-state index < -0.39 is 0 Å². The Morgan fingerprint density at radius 2 is 2.07 bits per heavy atom. The summed E-state index contributed by atoms with van der Waals surface area (Å²) in [7, 11) is 1.65. The maximum Gasteiger partial charge on any atom is 0.271 e. The lowest BCUT2D eigenvalue weighted by Crippen LogP contribution is -2.49. The second-order valence-corrected chi connectivity index (χ2v) is 8.65. The number of carbonyl (C=O) groups is 1. The number of hydrogen-bond donors (Lipinski definition) is 0. The van der Waals surface area contributed by atoms with Gasteiger partial charge < -0.3 is 14.2 Å². The number of methoxy groups -OCH3 is 1. The highest BCUT2D eigenvalue weighted by atomic mass is 32.1. The monoisotopic (exact) mass is 409 g/mol. The molecule has 0 bridgehead atoms. The third-order valence-corrected chi connectivity index (χ3v) is 6.61. The second-order valence-electron chi connectivity index (χ2n) is 7.59. The van der Waals surface area contributed by atoms with Crippen LogP contribution in [0.15, 0.2) is 42.0 Å². The molecule has 1 fully saturated rings. The van der Waals surface area contributed by atoms with Crippen molar-refractivity contribution >= 4 is 17.2 Å². The van der Waals surface area contributed by atoms with Crippen LogP contribution in [0.5, 0.6) is 5.88 Å². The Balaban J connectivity index is 1.43. The number of aryl methyl sites for hydroxylation is 1. The normalized spacial score (nSPS) is 21.3. The summed E-state index contributed by atoms with van der Waals surface area (Å²) < 4.78 is 7.57. The Bertz CT molecular complexity index is 1050. The molecule has 2 aliphatic rings. The van der Waals surface area contributed by atoms with Crippen molar-refractivity contribution in [1.29, 1.82) is 0 Å². The molecule has 0 N–H and O–H groups in total. The first kappa shape index (κ1) is 18.3. The van der Waals surface area contributed by atoms with E-state index in [2.05, 4.69) is 30.9 Å². The molecule has 2 atom stereocenters. The van der Waals surface area contributed by atoms with Crippen molar-refractivity contribution < 1.29 is 9.53 Å². The highest BCUT2D eigenvalue weighted by Crippen LogP contribution is 2.35. The van der Waals surface area contributed by atoms with Crippen molar-refractivity contribution in [3.63, 3.8) is 0 Å². The lowest BCUT2D eigenvalue weighted by Gasteiger charge is -2.38. The van der Waals surface area contributed by atoms with Crippen LogP contribution >= 0.6 is 11.3 Å². The predicted octanol–water partition coefficient (Wildman–Crippen LogP) is 2.74. The van der Waals surface area contributed by atoms with E-state index >= 15 is 0 Å². The van der Waals surface area contributed by atoms with E-state index in [1.807, 2.05) is 36.2 Å². The number of rotatable bonds is 5. The van der Waals surface area contributed by atoms with Crippen molar-refractivity contribution in [1.82, 2.24) is 24.3 Å². The average Bonchev–Trinajstić information content (AvgIpc) is 3.45. The smallest absolute Gasteiger partial charge is 0.271 e. The molecule has 0 radical (unpaired) electrons. The van der Waals surface area contributed by atoms with Gasteiger partial charge in [-0.25, -0.2) is 9.97 Å². The van der Waals surface area contributed by atoms with Gasteiger partial charge in [0.2, 0.25) is 5.88 Å². The fraction of sp³-hybridized carbons (Fsp3) is 0.381. The standard InChI is InChI=1S/C21H23N5O2S/c1-14-23-16(13-29-14)10-26-19-12-24(9-15-5-3-7-22-20(15)28-2)11-18(19)25-8-4-6-17(25)21(26)27/h3-8,13,18-19H,9-12H2,1-2H3/t18-,19-/m1/s1. The van der Waals surface area contributed by atoms with Crippen molar-refractivity contribution in [2.24, 2.45) is 0 Å². The number of pyridine rings is 1. The number of hydrogen-bond acceptors (Lipinski definition) is 6. The van der Waals surface area contributed by atoms with E-state index in [0.29, 0.717) is 12.4 Å². The molecule has 0 saturated carbocycles. The molecule has 150 valence electrons. The molecule has 7 nitrogen and oxygen atoms in total. The van der Waals surface area contributed by atoms with E-state index in [0.717, 1.165) is 41.6 Å². The second kappa shape index (κ2) is 7.27. The molecule has 1 saturated heterocycles. The van der Waals surface area contributed by atoms with E-state index in [9.17, 15) is 4.79 Å². The zero-order valence-electron chi connectivity index (χ0n) is 16.5. The summed E-state index contributed by atoms with van der Waals surface area (Å²) in [5.74, 6) is 0.748. The van der Waals surface area contributed by atoms with Gasteiger partial charge in [0.15, 0.2) is 0 Å². The average molecular weight is 410 g/mol. The first-order valence-electron chi connectivity index (χ1n) is 9.73. The summed E-state index contributed by atoms with van der Waals surface area (Å²) >= 11 is 1.63. The number of nitrogens with zero attached hydrogens (tertiary/aromatic N) is 5. The van der Waals surface area contributed by atoms with Crippen molar-refractivity contribution in [3.05, 3.63) is 64.0 Å². The molecular formula is C21H23N5O2S. The molecule has 3 aromatic heterocycles. The van der Waals surface area contributed by atoms with Crippen LogP contribution in [0.4, 0.5) is 0 Å². The van der Waals surface area contributed by atoms with Gasteiger partial charge in [-0.1, -0.05) is 6.07 Å². The highest BCUT2D eigenvalue weighted by molar-refractivity contribution is 7.09. The molecule has 2 aliphatic heterocycles. The summed E-state index contributed by atoms with van der Waals surface area (Å²) in [4.78, 5) is 26.5. The molecule has 29 heavy (non-hydrogen) atoms. The third-order valence-electron chi connectivity index (χ3n) is 5.79. The fourth-order valence-corrected chi connectivity index (χ4v) is 5.14. The number of thiazole rings is 1. The van der Waals surface area contributed by atoms with E-state index in [1.165, 1.54) is 0 Å². The molecule has 3 aromatic rings. The van der Waals surface area contributed by atoms with Crippen molar-refractivity contribution in [2.45, 2.75) is 32.1 Å². The van der Waals surface area contributed by atoms with Gasteiger partial charge in [-0.15, -0.1) is 11.3 Å². The SMILES string of the molecule is COc1ncccc1CN1C[C@@H]2[C@@H](C1)n1cccc1C(=O)N2Cc1csc(C)n1.